The maximum atomic E-state index is 12.2. The lowest BCUT2D eigenvalue weighted by Gasteiger charge is -2.18. The predicted octanol–water partition coefficient (Wildman–Crippen LogP) is 4.44. The summed E-state index contributed by atoms with van der Waals surface area (Å²) in [7, 11) is 0. The summed E-state index contributed by atoms with van der Waals surface area (Å²) in [6.45, 7) is 8.60. The molecule has 0 fully saturated rings. The number of carbonyl (C=O) groups is 3. The van der Waals surface area contributed by atoms with Crippen molar-refractivity contribution in [2.45, 2.75) is 85.5 Å². The summed E-state index contributed by atoms with van der Waals surface area (Å²) in [6.07, 6.45) is 6.49. The molecule has 0 aromatic carbocycles. The van der Waals surface area contributed by atoms with Crippen LogP contribution in [0.15, 0.2) is 0 Å². The maximum absolute atomic E-state index is 12.2. The monoisotopic (exact) mass is 386 g/mol. The van der Waals surface area contributed by atoms with E-state index >= 15 is 0 Å². The molecule has 2 atom stereocenters. The second-order valence-corrected chi connectivity index (χ2v) is 6.67. The topological polar surface area (TPSA) is 78.9 Å². The maximum Gasteiger partial charge on any atom is 0.308 e. The van der Waals surface area contributed by atoms with Crippen molar-refractivity contribution in [1.29, 1.82) is 0 Å². The van der Waals surface area contributed by atoms with Crippen molar-refractivity contribution in [2.75, 3.05) is 19.8 Å². The molecule has 0 N–H and O–H groups in total. The number of esters is 3. The lowest BCUT2D eigenvalue weighted by atomic mass is 9.91. The van der Waals surface area contributed by atoms with Crippen LogP contribution in [0.25, 0.3) is 0 Å². The van der Waals surface area contributed by atoms with Gasteiger partial charge in [0.15, 0.2) is 0 Å². The second kappa shape index (κ2) is 16.6. The summed E-state index contributed by atoms with van der Waals surface area (Å²) in [6, 6.07) is 0. The molecule has 0 aromatic rings. The Morgan fingerprint density at radius 1 is 0.630 bits per heavy atom. The van der Waals surface area contributed by atoms with Gasteiger partial charge in [0.2, 0.25) is 0 Å². The van der Waals surface area contributed by atoms with Gasteiger partial charge in [0.1, 0.15) is 0 Å². The Labute approximate surface area is 164 Å². The molecular weight excluding hydrogens is 348 g/mol. The molecule has 0 spiro atoms. The van der Waals surface area contributed by atoms with Gasteiger partial charge in [0, 0.05) is 6.42 Å². The standard InChI is InChI=1S/C21H38O6/c1-5-12-17(20(23)26-7-3)14-11-15-18(21(24)27-8-4)13-9-10-16-19(22)25-6-2/h17-18H,5-16H2,1-4H3. The Morgan fingerprint density at radius 3 is 1.59 bits per heavy atom. The van der Waals surface area contributed by atoms with E-state index in [1.807, 2.05) is 6.92 Å². The van der Waals surface area contributed by atoms with E-state index in [4.69, 9.17) is 14.2 Å². The number of unbranched alkanes of at least 4 members (excludes halogenated alkanes) is 1. The predicted molar refractivity (Wildman–Crippen MR) is 104 cm³/mol. The molecule has 0 rings (SSSR count). The van der Waals surface area contributed by atoms with E-state index in [1.54, 1.807) is 13.8 Å². The highest BCUT2D eigenvalue weighted by Crippen LogP contribution is 2.23. The minimum atomic E-state index is -0.193. The van der Waals surface area contributed by atoms with Crippen LogP contribution in [0.5, 0.6) is 0 Å². The van der Waals surface area contributed by atoms with Crippen molar-refractivity contribution < 1.29 is 28.6 Å². The highest BCUT2D eigenvalue weighted by molar-refractivity contribution is 5.73. The number of ether oxygens (including phenoxy) is 3. The lowest BCUT2D eigenvalue weighted by molar-refractivity contribution is -0.148. The molecule has 0 aromatic heterocycles. The van der Waals surface area contributed by atoms with E-state index in [0.29, 0.717) is 45.5 Å². The fourth-order valence-corrected chi connectivity index (χ4v) is 3.13. The van der Waals surface area contributed by atoms with Gasteiger partial charge < -0.3 is 14.2 Å². The van der Waals surface area contributed by atoms with Gasteiger partial charge in [-0.1, -0.05) is 26.2 Å². The minimum Gasteiger partial charge on any atom is -0.466 e. The Balaban J connectivity index is 4.44. The van der Waals surface area contributed by atoms with Gasteiger partial charge in [0.25, 0.3) is 0 Å². The SMILES string of the molecule is CCCC(CCCC(CCCCC(=O)OCC)C(=O)OCC)C(=O)OCC. The van der Waals surface area contributed by atoms with Gasteiger partial charge in [-0.15, -0.1) is 0 Å². The molecule has 0 aliphatic rings. The molecule has 0 aliphatic heterocycles. The van der Waals surface area contributed by atoms with Crippen molar-refractivity contribution in [2.24, 2.45) is 11.8 Å². The molecule has 0 radical (unpaired) electrons. The Bertz CT molecular complexity index is 421. The average molecular weight is 387 g/mol. The molecule has 0 saturated heterocycles. The summed E-state index contributed by atoms with van der Waals surface area (Å²) in [5.41, 5.74) is 0. The third-order valence-electron chi connectivity index (χ3n) is 4.47. The van der Waals surface area contributed by atoms with Crippen LogP contribution in [0.4, 0.5) is 0 Å². The smallest absolute Gasteiger partial charge is 0.308 e. The van der Waals surface area contributed by atoms with E-state index < -0.39 is 0 Å². The highest BCUT2D eigenvalue weighted by Gasteiger charge is 2.22. The van der Waals surface area contributed by atoms with Crippen molar-refractivity contribution >= 4 is 17.9 Å². The Morgan fingerprint density at radius 2 is 1.11 bits per heavy atom. The molecule has 6 heteroatoms. The lowest BCUT2D eigenvalue weighted by Crippen LogP contribution is -2.20. The van der Waals surface area contributed by atoms with Crippen LogP contribution in [-0.4, -0.2) is 37.7 Å². The van der Waals surface area contributed by atoms with E-state index in [0.717, 1.165) is 32.1 Å². The summed E-state index contributed by atoms with van der Waals surface area (Å²) < 4.78 is 15.3. The molecule has 158 valence electrons. The first-order valence-corrected chi connectivity index (χ1v) is 10.5. The number of rotatable bonds is 16. The second-order valence-electron chi connectivity index (χ2n) is 6.67. The zero-order valence-corrected chi connectivity index (χ0v) is 17.6. The average Bonchev–Trinajstić information content (AvgIpc) is 2.63. The Hall–Kier alpha value is -1.59. The third kappa shape index (κ3) is 12.4. The molecule has 0 saturated carbocycles. The van der Waals surface area contributed by atoms with Crippen LogP contribution in [0, 0.1) is 11.8 Å². The van der Waals surface area contributed by atoms with E-state index in [9.17, 15) is 14.4 Å². The molecule has 0 heterocycles. The summed E-state index contributed by atoms with van der Waals surface area (Å²) in [5.74, 6) is -0.793. The molecule has 6 nitrogen and oxygen atoms in total. The van der Waals surface area contributed by atoms with Crippen molar-refractivity contribution in [1.82, 2.24) is 0 Å². The zero-order chi connectivity index (χ0) is 20.5. The molecule has 0 amide bonds. The van der Waals surface area contributed by atoms with Crippen molar-refractivity contribution in [3.8, 4) is 0 Å². The zero-order valence-electron chi connectivity index (χ0n) is 17.6. The van der Waals surface area contributed by atoms with Gasteiger partial charge in [0.05, 0.1) is 31.7 Å². The first kappa shape index (κ1) is 25.4. The van der Waals surface area contributed by atoms with Crippen LogP contribution in [-0.2, 0) is 28.6 Å². The van der Waals surface area contributed by atoms with Gasteiger partial charge >= 0.3 is 17.9 Å². The van der Waals surface area contributed by atoms with Gasteiger partial charge in [-0.2, -0.15) is 0 Å². The number of hydrogen-bond donors (Lipinski definition) is 0. The van der Waals surface area contributed by atoms with Crippen LogP contribution in [0.3, 0.4) is 0 Å². The van der Waals surface area contributed by atoms with Crippen molar-refractivity contribution in [3.63, 3.8) is 0 Å². The summed E-state index contributed by atoms with van der Waals surface area (Å²) in [5, 5.41) is 0. The highest BCUT2D eigenvalue weighted by atomic mass is 16.5. The molecule has 0 bridgehead atoms. The van der Waals surface area contributed by atoms with E-state index in [-0.39, 0.29) is 29.7 Å². The first-order chi connectivity index (χ1) is 13.0. The number of carbonyl (C=O) groups excluding carboxylic acids is 3. The van der Waals surface area contributed by atoms with E-state index in [2.05, 4.69) is 6.92 Å². The van der Waals surface area contributed by atoms with Crippen LogP contribution < -0.4 is 0 Å². The van der Waals surface area contributed by atoms with Gasteiger partial charge in [-0.3, -0.25) is 14.4 Å². The van der Waals surface area contributed by atoms with Gasteiger partial charge in [-0.25, -0.2) is 0 Å². The molecule has 27 heavy (non-hydrogen) atoms. The summed E-state index contributed by atoms with van der Waals surface area (Å²) >= 11 is 0. The van der Waals surface area contributed by atoms with Crippen molar-refractivity contribution in [3.05, 3.63) is 0 Å². The molecule has 2 unspecified atom stereocenters. The van der Waals surface area contributed by atoms with Crippen LogP contribution >= 0.6 is 0 Å². The first-order valence-electron chi connectivity index (χ1n) is 10.5. The van der Waals surface area contributed by atoms with Gasteiger partial charge in [-0.05, 0) is 52.9 Å². The minimum absolute atomic E-state index is 0.0957. The normalized spacial score (nSPS) is 12.9. The largest absolute Gasteiger partial charge is 0.466 e. The van der Waals surface area contributed by atoms with Crippen LogP contribution in [0.1, 0.15) is 85.5 Å². The quantitative estimate of drug-likeness (QED) is 0.222. The van der Waals surface area contributed by atoms with E-state index in [1.165, 1.54) is 0 Å². The fourth-order valence-electron chi connectivity index (χ4n) is 3.13. The number of hydrogen-bond acceptors (Lipinski definition) is 6. The van der Waals surface area contributed by atoms with Crippen LogP contribution in [0.2, 0.25) is 0 Å². The third-order valence-corrected chi connectivity index (χ3v) is 4.47. The Kier molecular flexibility index (Phi) is 15.6. The molecule has 0 aliphatic carbocycles. The fraction of sp³-hybridized carbons (Fsp3) is 0.857. The summed E-state index contributed by atoms with van der Waals surface area (Å²) in [4.78, 5) is 35.6. The molecular formula is C21H38O6.